The molecule has 1 unspecified atom stereocenters. The van der Waals surface area contributed by atoms with Crippen LogP contribution in [0.15, 0.2) is 55.6 Å². The van der Waals surface area contributed by atoms with Gasteiger partial charge >= 0.3 is 5.97 Å². The Morgan fingerprint density at radius 1 is 1.25 bits per heavy atom. The number of fused-ring (bicyclic) bond motifs is 1. The number of nitrogens with one attached hydrogen (secondary N) is 1. The Hall–Kier alpha value is -3.02. The van der Waals surface area contributed by atoms with E-state index in [9.17, 15) is 24.3 Å². The molecule has 0 radical (unpaired) electrons. The molecule has 1 aromatic carbocycles. The fraction of sp³-hybridized carbons (Fsp3) is 0.576. The quantitative estimate of drug-likeness (QED) is 0.166. The first-order chi connectivity index (χ1) is 21.1. The van der Waals surface area contributed by atoms with Crippen LogP contribution < -0.4 is 5.32 Å². The molecule has 8 atom stereocenters. The van der Waals surface area contributed by atoms with Crippen molar-refractivity contribution < 1.29 is 33.8 Å². The maximum Gasteiger partial charge on any atom is 0.306 e. The molecule has 1 aromatic rings. The van der Waals surface area contributed by atoms with Crippen LogP contribution in [-0.4, -0.2) is 93.0 Å². The fourth-order valence-electron chi connectivity index (χ4n) is 6.95. The van der Waals surface area contributed by atoms with E-state index in [2.05, 4.69) is 34.4 Å². The molecule has 3 aliphatic rings. The van der Waals surface area contributed by atoms with Gasteiger partial charge in [-0.3, -0.25) is 19.2 Å². The Morgan fingerprint density at radius 3 is 2.55 bits per heavy atom. The lowest BCUT2D eigenvalue weighted by molar-refractivity contribution is -0.152. The number of aliphatic hydroxyl groups is 1. The molecule has 3 aliphatic heterocycles. The number of ether oxygens (including phenoxy) is 2. The molecule has 3 saturated heterocycles. The average molecular weight is 675 g/mol. The predicted molar refractivity (Wildman–Crippen MR) is 168 cm³/mol. The van der Waals surface area contributed by atoms with Crippen molar-refractivity contribution in [1.82, 2.24) is 15.1 Å². The van der Waals surface area contributed by atoms with Gasteiger partial charge in [0.05, 0.1) is 36.6 Å². The molecule has 44 heavy (non-hydrogen) atoms. The lowest BCUT2D eigenvalue weighted by atomic mass is 9.70. The second kappa shape index (κ2) is 14.4. The average Bonchev–Trinajstić information content (AvgIpc) is 3.61. The third kappa shape index (κ3) is 6.23. The molecule has 0 aromatic heterocycles. The molecule has 3 heterocycles. The topological polar surface area (TPSA) is 125 Å². The molecule has 4 rings (SSSR count). The van der Waals surface area contributed by atoms with Gasteiger partial charge in [0.2, 0.25) is 17.7 Å². The number of esters is 1. The molecule has 3 amide bonds. The van der Waals surface area contributed by atoms with Gasteiger partial charge in [0, 0.05) is 23.8 Å². The van der Waals surface area contributed by atoms with E-state index in [4.69, 9.17) is 9.47 Å². The van der Waals surface area contributed by atoms with Gasteiger partial charge in [-0.2, -0.15) is 0 Å². The molecule has 0 aliphatic carbocycles. The number of benzene rings is 1. The van der Waals surface area contributed by atoms with Crippen molar-refractivity contribution in [2.45, 2.75) is 87.2 Å². The van der Waals surface area contributed by atoms with E-state index < -0.39 is 53.5 Å². The standard InChI is InChI=1S/C33H44BrN3O7/c1-6-9-15-25(39)43-19-24(21-13-11-10-12-14-21)35-30(40)26-27-31(41)37(22(8-3)18-38)29(32(42)36(16-7-2)20(4)5)33(27)17-23(34)28(26)44-33/h6-7,10-14,20,22-24,26-29,38H,1-2,8-9,15-19H2,3-5H3,(H,35,40)/t22-,23?,24-,26-,27+,28-,29-,33+/m0/s1. The number of allylic oxidation sites excluding steroid dienone is 1. The van der Waals surface area contributed by atoms with Crippen molar-refractivity contribution in [3.05, 3.63) is 61.2 Å². The molecular weight excluding hydrogens is 630 g/mol. The Bertz CT molecular complexity index is 1240. The number of carbonyl (C=O) groups is 4. The van der Waals surface area contributed by atoms with Crippen LogP contribution in [0.3, 0.4) is 0 Å². The highest BCUT2D eigenvalue weighted by atomic mass is 79.9. The van der Waals surface area contributed by atoms with E-state index in [0.717, 1.165) is 5.56 Å². The third-order valence-electron chi connectivity index (χ3n) is 9.05. The predicted octanol–water partition coefficient (Wildman–Crippen LogP) is 3.30. The summed E-state index contributed by atoms with van der Waals surface area (Å²) in [6, 6.07) is 6.68. The number of halogens is 1. The fourth-order valence-corrected chi connectivity index (χ4v) is 7.89. The molecule has 2 N–H and O–H groups in total. The molecule has 2 bridgehead atoms. The number of rotatable bonds is 15. The third-order valence-corrected chi connectivity index (χ3v) is 9.90. The van der Waals surface area contributed by atoms with Crippen LogP contribution in [0.25, 0.3) is 0 Å². The molecule has 3 fully saturated rings. The number of likely N-dealkylation sites (tertiary alicyclic amines) is 1. The second-order valence-corrected chi connectivity index (χ2v) is 13.2. The minimum absolute atomic E-state index is 0.0912. The number of carbonyl (C=O) groups excluding carboxylic acids is 4. The molecular formula is C33H44BrN3O7. The number of nitrogens with zero attached hydrogens (tertiary/aromatic N) is 2. The molecule has 240 valence electrons. The minimum Gasteiger partial charge on any atom is -0.463 e. The summed E-state index contributed by atoms with van der Waals surface area (Å²) >= 11 is 3.70. The van der Waals surface area contributed by atoms with E-state index in [-0.39, 0.29) is 48.9 Å². The number of alkyl halides is 1. The Morgan fingerprint density at radius 2 is 1.95 bits per heavy atom. The Balaban J connectivity index is 1.69. The summed E-state index contributed by atoms with van der Waals surface area (Å²) in [5.74, 6) is -3.34. The Kier molecular flexibility index (Phi) is 11.1. The van der Waals surface area contributed by atoms with Gasteiger partial charge in [-0.15, -0.1) is 13.2 Å². The number of amides is 3. The summed E-state index contributed by atoms with van der Waals surface area (Å²) in [4.78, 5) is 58.0. The van der Waals surface area contributed by atoms with Crippen molar-refractivity contribution in [2.24, 2.45) is 11.8 Å². The van der Waals surface area contributed by atoms with Gasteiger partial charge in [-0.25, -0.2) is 0 Å². The van der Waals surface area contributed by atoms with Crippen LogP contribution in [0.4, 0.5) is 0 Å². The normalized spacial score (nSPS) is 28.4. The summed E-state index contributed by atoms with van der Waals surface area (Å²) in [6.45, 7) is 12.9. The Labute approximate surface area is 267 Å². The summed E-state index contributed by atoms with van der Waals surface area (Å²) in [5, 5.41) is 13.3. The number of hydrogen-bond donors (Lipinski definition) is 2. The maximum absolute atomic E-state index is 14.4. The zero-order valence-electron chi connectivity index (χ0n) is 25.7. The smallest absolute Gasteiger partial charge is 0.306 e. The van der Waals surface area contributed by atoms with Crippen LogP contribution in [0.1, 0.15) is 58.1 Å². The lowest BCUT2D eigenvalue weighted by Gasteiger charge is -2.40. The SMILES string of the molecule is C=CCCC(=O)OC[C@H](NC(=O)[C@@H]1[C@H]2O[C@@]3(CC2Br)[C@H](C(=O)N(CC=C)C(C)C)N([C@@H](CC)CO)C(=O)[C@@H]13)c1ccccc1. The van der Waals surface area contributed by atoms with Crippen LogP contribution in [-0.2, 0) is 28.7 Å². The summed E-state index contributed by atoms with van der Waals surface area (Å²) in [6.07, 6.45) is 4.05. The van der Waals surface area contributed by atoms with Crippen LogP contribution >= 0.6 is 15.9 Å². The van der Waals surface area contributed by atoms with Gasteiger partial charge in [-0.05, 0) is 38.7 Å². The number of hydrogen-bond acceptors (Lipinski definition) is 7. The van der Waals surface area contributed by atoms with Crippen molar-refractivity contribution in [1.29, 1.82) is 0 Å². The number of aliphatic hydroxyl groups excluding tert-OH is 1. The molecule has 10 nitrogen and oxygen atoms in total. The van der Waals surface area contributed by atoms with Gasteiger partial charge < -0.3 is 29.7 Å². The molecule has 1 spiro atoms. The van der Waals surface area contributed by atoms with Crippen LogP contribution in [0, 0.1) is 11.8 Å². The minimum atomic E-state index is -1.26. The van der Waals surface area contributed by atoms with Crippen molar-refractivity contribution in [3.63, 3.8) is 0 Å². The first kappa shape index (κ1) is 33.9. The van der Waals surface area contributed by atoms with Crippen LogP contribution in [0.5, 0.6) is 0 Å². The highest BCUT2D eigenvalue weighted by Crippen LogP contribution is 2.60. The zero-order valence-corrected chi connectivity index (χ0v) is 27.3. The van der Waals surface area contributed by atoms with E-state index >= 15 is 0 Å². The summed E-state index contributed by atoms with van der Waals surface area (Å²) in [7, 11) is 0. The van der Waals surface area contributed by atoms with E-state index in [1.807, 2.05) is 51.1 Å². The summed E-state index contributed by atoms with van der Waals surface area (Å²) in [5.41, 5.74) is -0.520. The zero-order chi connectivity index (χ0) is 32.2. The first-order valence-electron chi connectivity index (χ1n) is 15.3. The summed E-state index contributed by atoms with van der Waals surface area (Å²) < 4.78 is 12.1. The van der Waals surface area contributed by atoms with Gasteiger partial charge in [-0.1, -0.05) is 65.3 Å². The van der Waals surface area contributed by atoms with Gasteiger partial charge in [0.1, 0.15) is 18.2 Å². The second-order valence-electron chi connectivity index (χ2n) is 12.0. The largest absolute Gasteiger partial charge is 0.463 e. The van der Waals surface area contributed by atoms with Crippen molar-refractivity contribution in [2.75, 3.05) is 19.8 Å². The monoisotopic (exact) mass is 673 g/mol. The van der Waals surface area contributed by atoms with E-state index in [0.29, 0.717) is 19.3 Å². The van der Waals surface area contributed by atoms with Crippen LogP contribution in [0.2, 0.25) is 0 Å². The maximum atomic E-state index is 14.4. The first-order valence-corrected chi connectivity index (χ1v) is 16.3. The highest BCUT2D eigenvalue weighted by molar-refractivity contribution is 9.09. The van der Waals surface area contributed by atoms with E-state index in [1.54, 1.807) is 17.1 Å². The highest BCUT2D eigenvalue weighted by Gasteiger charge is 2.77. The van der Waals surface area contributed by atoms with E-state index in [1.165, 1.54) is 4.90 Å². The lowest BCUT2D eigenvalue weighted by Crippen LogP contribution is -2.60. The van der Waals surface area contributed by atoms with Gasteiger partial charge in [0.15, 0.2) is 0 Å². The molecule has 11 heteroatoms. The molecule has 0 saturated carbocycles. The van der Waals surface area contributed by atoms with Crippen molar-refractivity contribution >= 4 is 39.6 Å². The van der Waals surface area contributed by atoms with Gasteiger partial charge in [0.25, 0.3) is 0 Å². The van der Waals surface area contributed by atoms with Crippen molar-refractivity contribution in [3.8, 4) is 0 Å².